The van der Waals surface area contributed by atoms with Crippen molar-refractivity contribution in [1.29, 1.82) is 0 Å². The third-order valence-corrected chi connectivity index (χ3v) is 4.54. The zero-order valence-electron chi connectivity index (χ0n) is 11.5. The molecule has 2 N–H and O–H groups in total. The van der Waals surface area contributed by atoms with E-state index in [4.69, 9.17) is 4.42 Å². The number of nitrogens with one attached hydrogen (secondary N) is 2. The summed E-state index contributed by atoms with van der Waals surface area (Å²) in [6, 6.07) is 10.2. The van der Waals surface area contributed by atoms with E-state index >= 15 is 0 Å². The fourth-order valence-electron chi connectivity index (χ4n) is 2.01. The lowest BCUT2D eigenvalue weighted by Crippen LogP contribution is -2.34. The fraction of sp³-hybridized carbons (Fsp3) is 0.286. The van der Waals surface area contributed by atoms with Crippen molar-refractivity contribution in [1.82, 2.24) is 4.72 Å². The summed E-state index contributed by atoms with van der Waals surface area (Å²) in [4.78, 5) is 0.244. The van der Waals surface area contributed by atoms with Crippen molar-refractivity contribution in [2.45, 2.75) is 24.3 Å². The number of benzene rings is 1. The molecule has 0 amide bonds. The molecule has 5 nitrogen and oxygen atoms in total. The Hall–Kier alpha value is -1.79. The van der Waals surface area contributed by atoms with Crippen LogP contribution in [0.25, 0.3) is 0 Å². The molecule has 2 rings (SSSR count). The zero-order valence-corrected chi connectivity index (χ0v) is 12.3. The van der Waals surface area contributed by atoms with E-state index in [9.17, 15) is 8.42 Å². The van der Waals surface area contributed by atoms with E-state index < -0.39 is 10.0 Å². The van der Waals surface area contributed by atoms with Crippen molar-refractivity contribution < 1.29 is 12.8 Å². The third-order valence-electron chi connectivity index (χ3n) is 2.89. The molecule has 1 heterocycles. The first-order chi connectivity index (χ1) is 9.53. The standard InChI is InChI=1S/C14H18N2O3S/c1-11(10-12-6-5-9-19-12)16-20(17,18)14-8-4-3-7-13(14)15-2/h3-9,11,15-16H,10H2,1-2H3. The predicted molar refractivity (Wildman–Crippen MR) is 78.2 cm³/mol. The Labute approximate surface area is 119 Å². The van der Waals surface area contributed by atoms with Crippen LogP contribution in [-0.4, -0.2) is 21.5 Å². The first-order valence-corrected chi connectivity index (χ1v) is 7.83. The molecule has 1 aromatic heterocycles. The molecule has 0 bridgehead atoms. The van der Waals surface area contributed by atoms with E-state index in [1.807, 2.05) is 13.0 Å². The van der Waals surface area contributed by atoms with E-state index in [0.717, 1.165) is 5.76 Å². The Kier molecular flexibility index (Phi) is 4.46. The first-order valence-electron chi connectivity index (χ1n) is 6.34. The molecule has 108 valence electrons. The lowest BCUT2D eigenvalue weighted by molar-refractivity contribution is 0.479. The molecular formula is C14H18N2O3S. The van der Waals surface area contributed by atoms with Crippen LogP contribution >= 0.6 is 0 Å². The van der Waals surface area contributed by atoms with E-state index in [-0.39, 0.29) is 10.9 Å². The number of rotatable bonds is 6. The summed E-state index contributed by atoms with van der Waals surface area (Å²) in [6.45, 7) is 1.81. The highest BCUT2D eigenvalue weighted by Crippen LogP contribution is 2.20. The molecule has 6 heteroatoms. The summed E-state index contributed by atoms with van der Waals surface area (Å²) < 4.78 is 32.6. The lowest BCUT2D eigenvalue weighted by atomic mass is 10.2. The van der Waals surface area contributed by atoms with Gasteiger partial charge in [0.1, 0.15) is 10.7 Å². The molecule has 0 aliphatic carbocycles. The minimum Gasteiger partial charge on any atom is -0.469 e. The van der Waals surface area contributed by atoms with E-state index in [2.05, 4.69) is 10.0 Å². The number of hydrogen-bond donors (Lipinski definition) is 2. The smallest absolute Gasteiger partial charge is 0.242 e. The Balaban J connectivity index is 2.14. The SMILES string of the molecule is CNc1ccccc1S(=O)(=O)NC(C)Cc1ccco1. The molecule has 0 aliphatic rings. The van der Waals surface area contributed by atoms with Crippen molar-refractivity contribution >= 4 is 15.7 Å². The number of para-hydroxylation sites is 1. The molecule has 0 spiro atoms. The zero-order chi connectivity index (χ0) is 14.6. The number of hydrogen-bond acceptors (Lipinski definition) is 4. The van der Waals surface area contributed by atoms with Crippen molar-refractivity contribution in [3.8, 4) is 0 Å². The van der Waals surface area contributed by atoms with Crippen molar-refractivity contribution in [3.05, 3.63) is 48.4 Å². The second kappa shape index (κ2) is 6.11. The van der Waals surface area contributed by atoms with Crippen molar-refractivity contribution in [2.24, 2.45) is 0 Å². The maximum Gasteiger partial charge on any atom is 0.242 e. The molecule has 20 heavy (non-hydrogen) atoms. The third kappa shape index (κ3) is 3.40. The quantitative estimate of drug-likeness (QED) is 0.857. The molecule has 1 aromatic carbocycles. The second-order valence-corrected chi connectivity index (χ2v) is 6.23. The van der Waals surface area contributed by atoms with Crippen molar-refractivity contribution in [3.63, 3.8) is 0 Å². The molecule has 0 radical (unpaired) electrons. The summed E-state index contributed by atoms with van der Waals surface area (Å²) in [7, 11) is -1.86. The van der Waals surface area contributed by atoms with Gasteiger partial charge in [0.25, 0.3) is 0 Å². The topological polar surface area (TPSA) is 71.3 Å². The molecule has 1 unspecified atom stereocenters. The van der Waals surface area contributed by atoms with E-state index in [1.165, 1.54) is 0 Å². The van der Waals surface area contributed by atoms with Gasteiger partial charge in [-0.25, -0.2) is 13.1 Å². The van der Waals surface area contributed by atoms with Gasteiger partial charge in [-0.15, -0.1) is 0 Å². The summed E-state index contributed by atoms with van der Waals surface area (Å²) in [5, 5.41) is 2.88. The van der Waals surface area contributed by atoms with Crippen LogP contribution in [0.15, 0.2) is 52.0 Å². The Bertz CT molecular complexity index is 651. The van der Waals surface area contributed by atoms with Gasteiger partial charge >= 0.3 is 0 Å². The monoisotopic (exact) mass is 294 g/mol. The summed E-state index contributed by atoms with van der Waals surface area (Å²) in [6.07, 6.45) is 2.08. The average Bonchev–Trinajstić information content (AvgIpc) is 2.90. The highest BCUT2D eigenvalue weighted by Gasteiger charge is 2.20. The lowest BCUT2D eigenvalue weighted by Gasteiger charge is -2.15. The van der Waals surface area contributed by atoms with Crippen LogP contribution in [0.2, 0.25) is 0 Å². The highest BCUT2D eigenvalue weighted by atomic mass is 32.2. The predicted octanol–water partition coefficient (Wildman–Crippen LogP) is 2.23. The summed E-state index contributed by atoms with van der Waals surface area (Å²) >= 11 is 0. The van der Waals surface area contributed by atoms with Gasteiger partial charge in [-0.2, -0.15) is 0 Å². The molecule has 1 atom stereocenters. The van der Waals surface area contributed by atoms with Gasteiger partial charge in [-0.3, -0.25) is 0 Å². The summed E-state index contributed by atoms with van der Waals surface area (Å²) in [5.41, 5.74) is 0.574. The van der Waals surface area contributed by atoms with Gasteiger partial charge in [0.15, 0.2) is 0 Å². The highest BCUT2D eigenvalue weighted by molar-refractivity contribution is 7.89. The van der Waals surface area contributed by atoms with Crippen LogP contribution in [0.5, 0.6) is 0 Å². The van der Waals surface area contributed by atoms with Gasteiger partial charge in [0.05, 0.1) is 12.0 Å². The maximum absolute atomic E-state index is 12.4. The van der Waals surface area contributed by atoms with Crippen molar-refractivity contribution in [2.75, 3.05) is 12.4 Å². The van der Waals surface area contributed by atoms with Crippen LogP contribution in [0.3, 0.4) is 0 Å². The largest absolute Gasteiger partial charge is 0.469 e. The number of anilines is 1. The molecule has 0 fully saturated rings. The Morgan fingerprint density at radius 1 is 1.20 bits per heavy atom. The molecule has 2 aromatic rings. The van der Waals surface area contributed by atoms with E-state index in [1.54, 1.807) is 43.6 Å². The van der Waals surface area contributed by atoms with Crippen LogP contribution < -0.4 is 10.0 Å². The van der Waals surface area contributed by atoms with Crippen LogP contribution in [0.1, 0.15) is 12.7 Å². The van der Waals surface area contributed by atoms with Gasteiger partial charge < -0.3 is 9.73 Å². The molecule has 0 aliphatic heterocycles. The van der Waals surface area contributed by atoms with Gasteiger partial charge in [0.2, 0.25) is 10.0 Å². The minimum atomic E-state index is -3.56. The van der Waals surface area contributed by atoms with Crippen LogP contribution in [-0.2, 0) is 16.4 Å². The minimum absolute atomic E-state index is 0.244. The maximum atomic E-state index is 12.4. The summed E-state index contributed by atoms with van der Waals surface area (Å²) in [5.74, 6) is 0.752. The number of furan rings is 1. The Morgan fingerprint density at radius 3 is 2.60 bits per heavy atom. The fourth-order valence-corrected chi connectivity index (χ4v) is 3.47. The first kappa shape index (κ1) is 14.6. The van der Waals surface area contributed by atoms with Gasteiger partial charge in [-0.05, 0) is 31.2 Å². The average molecular weight is 294 g/mol. The van der Waals surface area contributed by atoms with Gasteiger partial charge in [0, 0.05) is 19.5 Å². The van der Waals surface area contributed by atoms with Crippen LogP contribution in [0, 0.1) is 0 Å². The molecule has 0 saturated heterocycles. The van der Waals surface area contributed by atoms with Gasteiger partial charge in [-0.1, -0.05) is 12.1 Å². The molecular weight excluding hydrogens is 276 g/mol. The normalized spacial score (nSPS) is 13.1. The van der Waals surface area contributed by atoms with E-state index in [0.29, 0.717) is 12.1 Å². The van der Waals surface area contributed by atoms with Crippen LogP contribution in [0.4, 0.5) is 5.69 Å². The Morgan fingerprint density at radius 2 is 1.95 bits per heavy atom. The molecule has 0 saturated carbocycles. The second-order valence-electron chi connectivity index (χ2n) is 4.55. The number of sulfonamides is 1.